The van der Waals surface area contributed by atoms with E-state index in [1.165, 1.54) is 0 Å². The van der Waals surface area contributed by atoms with Crippen LogP contribution in [0.4, 0.5) is 0 Å². The zero-order chi connectivity index (χ0) is 11.3. The molecule has 0 aromatic carbocycles. The maximum Gasteiger partial charge on any atom is 0.496 e. The number of hydrogen-bond donors (Lipinski definition) is 0. The van der Waals surface area contributed by atoms with Gasteiger partial charge in [-0.25, -0.2) is 0 Å². The molecule has 0 aromatic heterocycles. The van der Waals surface area contributed by atoms with Crippen LogP contribution in [0.15, 0.2) is 16.5 Å². The van der Waals surface area contributed by atoms with Crippen molar-refractivity contribution in [1.82, 2.24) is 0 Å². The van der Waals surface area contributed by atoms with Crippen LogP contribution in [-0.2, 0) is 9.31 Å². The highest BCUT2D eigenvalue weighted by molar-refractivity contribution is 6.60. The maximum absolute atomic E-state index is 5.91. The van der Waals surface area contributed by atoms with E-state index in [0.717, 1.165) is 5.47 Å². The van der Waals surface area contributed by atoms with Gasteiger partial charge in [-0.1, -0.05) is 6.08 Å². The third-order valence-corrected chi connectivity index (χ3v) is 3.42. The molecule has 0 N–H and O–H groups in total. The van der Waals surface area contributed by atoms with Crippen LogP contribution in [0.25, 0.3) is 0 Å². The second-order valence-corrected chi connectivity index (χ2v) is 5.27. The summed E-state index contributed by atoms with van der Waals surface area (Å²) >= 11 is 0. The Morgan fingerprint density at radius 1 is 1.20 bits per heavy atom. The molecule has 3 nitrogen and oxygen atoms in total. The highest BCUT2D eigenvalue weighted by Gasteiger charge is 2.52. The zero-order valence-corrected chi connectivity index (χ0v) is 10.1. The standard InChI is InChI=1S/C11H18BNO2/c1-8-6-9(7-13-8)12-14-10(2,3)11(4,5)15-12/h6-8H,1-5H3. The molecule has 0 spiro atoms. The van der Waals surface area contributed by atoms with Crippen molar-refractivity contribution in [2.45, 2.75) is 51.9 Å². The van der Waals surface area contributed by atoms with Crippen molar-refractivity contribution < 1.29 is 9.31 Å². The highest BCUT2D eigenvalue weighted by Crippen LogP contribution is 2.38. The summed E-state index contributed by atoms with van der Waals surface area (Å²) in [5.74, 6) is 0. The molecule has 0 amide bonds. The number of nitrogens with zero attached hydrogens (tertiary/aromatic N) is 1. The summed E-state index contributed by atoms with van der Waals surface area (Å²) in [5, 5.41) is 0. The van der Waals surface area contributed by atoms with E-state index in [2.05, 4.69) is 45.7 Å². The highest BCUT2D eigenvalue weighted by atomic mass is 16.7. The lowest BCUT2D eigenvalue weighted by atomic mass is 9.79. The van der Waals surface area contributed by atoms with E-state index < -0.39 is 0 Å². The molecule has 0 radical (unpaired) electrons. The van der Waals surface area contributed by atoms with Gasteiger partial charge in [-0.15, -0.1) is 0 Å². The molecule has 1 fully saturated rings. The van der Waals surface area contributed by atoms with Crippen molar-refractivity contribution in [1.29, 1.82) is 0 Å². The molecule has 2 aliphatic heterocycles. The summed E-state index contributed by atoms with van der Waals surface area (Å²) in [6, 6.07) is 0.249. The van der Waals surface area contributed by atoms with E-state index in [-0.39, 0.29) is 24.4 Å². The summed E-state index contributed by atoms with van der Waals surface area (Å²) in [6.45, 7) is 10.3. The monoisotopic (exact) mass is 207 g/mol. The first-order valence-corrected chi connectivity index (χ1v) is 5.42. The van der Waals surface area contributed by atoms with E-state index in [1.54, 1.807) is 0 Å². The second kappa shape index (κ2) is 3.19. The first-order chi connectivity index (χ1) is 6.82. The largest absolute Gasteiger partial charge is 0.496 e. The van der Waals surface area contributed by atoms with Crippen molar-refractivity contribution in [3.63, 3.8) is 0 Å². The van der Waals surface area contributed by atoms with Gasteiger partial charge in [-0.05, 0) is 40.1 Å². The molecule has 4 heteroatoms. The Morgan fingerprint density at radius 2 is 1.73 bits per heavy atom. The molecule has 1 saturated heterocycles. The zero-order valence-electron chi connectivity index (χ0n) is 10.1. The summed E-state index contributed by atoms with van der Waals surface area (Å²) in [5.41, 5.74) is 0.511. The van der Waals surface area contributed by atoms with Crippen LogP contribution in [0.3, 0.4) is 0 Å². The molecule has 0 bridgehead atoms. The van der Waals surface area contributed by atoms with Gasteiger partial charge in [0.05, 0.1) is 17.2 Å². The smallest absolute Gasteiger partial charge is 0.399 e. The van der Waals surface area contributed by atoms with Gasteiger partial charge in [0.2, 0.25) is 0 Å². The SMILES string of the molecule is CC1C=C(B2OC(C)(C)C(C)(C)O2)C=N1. The van der Waals surface area contributed by atoms with Crippen LogP contribution in [0, 0.1) is 0 Å². The summed E-state index contributed by atoms with van der Waals surface area (Å²) in [6.07, 6.45) is 3.94. The number of hydrogen-bond acceptors (Lipinski definition) is 3. The van der Waals surface area contributed by atoms with Gasteiger partial charge in [0.25, 0.3) is 0 Å². The molecular weight excluding hydrogens is 189 g/mol. The van der Waals surface area contributed by atoms with E-state index in [0.29, 0.717) is 0 Å². The molecule has 82 valence electrons. The Labute approximate surface area is 91.7 Å². The maximum atomic E-state index is 5.91. The topological polar surface area (TPSA) is 30.8 Å². The molecule has 1 atom stereocenters. The molecule has 0 saturated carbocycles. The van der Waals surface area contributed by atoms with Crippen LogP contribution in [0.1, 0.15) is 34.6 Å². The molecule has 0 aromatic rings. The van der Waals surface area contributed by atoms with Crippen molar-refractivity contribution in [3.05, 3.63) is 11.5 Å². The number of rotatable bonds is 1. The number of allylic oxidation sites excluding steroid dienone is 1. The molecule has 1 unspecified atom stereocenters. The summed E-state index contributed by atoms with van der Waals surface area (Å²) in [4.78, 5) is 4.28. The van der Waals surface area contributed by atoms with E-state index in [9.17, 15) is 0 Å². The summed E-state index contributed by atoms with van der Waals surface area (Å²) in [7, 11) is -0.260. The predicted octanol–water partition coefficient (Wildman–Crippen LogP) is 2.02. The molecule has 2 heterocycles. The third-order valence-electron chi connectivity index (χ3n) is 3.42. The minimum atomic E-state index is -0.266. The van der Waals surface area contributed by atoms with Crippen LogP contribution >= 0.6 is 0 Å². The molecule has 15 heavy (non-hydrogen) atoms. The average molecular weight is 207 g/mol. The number of aliphatic imine (C=N–C) groups is 1. The van der Waals surface area contributed by atoms with Gasteiger partial charge in [0.15, 0.2) is 0 Å². The van der Waals surface area contributed by atoms with Gasteiger partial charge < -0.3 is 9.31 Å². The second-order valence-electron chi connectivity index (χ2n) is 5.27. The Bertz CT molecular complexity index is 317. The fourth-order valence-electron chi connectivity index (χ4n) is 1.69. The van der Waals surface area contributed by atoms with Gasteiger partial charge in [0, 0.05) is 6.21 Å². The van der Waals surface area contributed by atoms with Crippen LogP contribution in [0.2, 0.25) is 0 Å². The van der Waals surface area contributed by atoms with E-state index >= 15 is 0 Å². The summed E-state index contributed by atoms with van der Waals surface area (Å²) < 4.78 is 11.8. The predicted molar refractivity (Wildman–Crippen MR) is 62.1 cm³/mol. The van der Waals surface area contributed by atoms with Gasteiger partial charge in [-0.3, -0.25) is 4.99 Å². The first-order valence-electron chi connectivity index (χ1n) is 5.42. The quantitative estimate of drug-likeness (QED) is 0.616. The normalized spacial score (nSPS) is 32.2. The van der Waals surface area contributed by atoms with Crippen LogP contribution in [-0.4, -0.2) is 30.6 Å². The Kier molecular flexibility index (Phi) is 2.32. The molecule has 2 aliphatic rings. The Morgan fingerprint density at radius 3 is 2.13 bits per heavy atom. The fraction of sp³-hybridized carbons (Fsp3) is 0.727. The molecule has 2 rings (SSSR count). The van der Waals surface area contributed by atoms with Gasteiger partial charge >= 0.3 is 7.12 Å². The lowest BCUT2D eigenvalue weighted by Crippen LogP contribution is -2.41. The van der Waals surface area contributed by atoms with Crippen LogP contribution < -0.4 is 0 Å². The fourth-order valence-corrected chi connectivity index (χ4v) is 1.69. The molecular formula is C11H18BNO2. The van der Waals surface area contributed by atoms with Crippen molar-refractivity contribution in [3.8, 4) is 0 Å². The van der Waals surface area contributed by atoms with Crippen molar-refractivity contribution in [2.24, 2.45) is 4.99 Å². The third kappa shape index (κ3) is 1.76. The average Bonchev–Trinajstić information content (AvgIpc) is 2.56. The molecule has 0 aliphatic carbocycles. The van der Waals surface area contributed by atoms with Gasteiger partial charge in [-0.2, -0.15) is 0 Å². The first kappa shape index (κ1) is 10.9. The lowest BCUT2D eigenvalue weighted by molar-refractivity contribution is 0.00578. The Balaban J connectivity index is 2.17. The lowest BCUT2D eigenvalue weighted by Gasteiger charge is -2.32. The van der Waals surface area contributed by atoms with Gasteiger partial charge in [0.1, 0.15) is 0 Å². The minimum absolute atomic E-state index is 0.249. The van der Waals surface area contributed by atoms with E-state index in [4.69, 9.17) is 9.31 Å². The van der Waals surface area contributed by atoms with E-state index in [1.807, 2.05) is 6.21 Å². The van der Waals surface area contributed by atoms with Crippen molar-refractivity contribution >= 4 is 13.3 Å². The Hall–Kier alpha value is -0.605. The van der Waals surface area contributed by atoms with Crippen molar-refractivity contribution in [2.75, 3.05) is 0 Å². The minimum Gasteiger partial charge on any atom is -0.399 e. The van der Waals surface area contributed by atoms with Crippen LogP contribution in [0.5, 0.6) is 0 Å².